The molecule has 2 aliphatic rings. The van der Waals surface area contributed by atoms with Gasteiger partial charge in [0.1, 0.15) is 12.0 Å². The van der Waals surface area contributed by atoms with Crippen molar-refractivity contribution in [2.24, 2.45) is 5.92 Å². The highest BCUT2D eigenvalue weighted by Crippen LogP contribution is 2.21. The summed E-state index contributed by atoms with van der Waals surface area (Å²) in [6.45, 7) is 5.46. The minimum absolute atomic E-state index is 0.124. The molecule has 2 amide bonds. The van der Waals surface area contributed by atoms with Crippen LogP contribution in [0.2, 0.25) is 0 Å². The van der Waals surface area contributed by atoms with E-state index in [9.17, 15) is 14.7 Å². The van der Waals surface area contributed by atoms with Crippen LogP contribution in [0.4, 0.5) is 0 Å². The Bertz CT molecular complexity index is 976. The highest BCUT2D eigenvalue weighted by atomic mass is 16.3. The van der Waals surface area contributed by atoms with Gasteiger partial charge in [-0.3, -0.25) is 19.5 Å². The lowest BCUT2D eigenvalue weighted by Gasteiger charge is -2.31. The zero-order valence-electron chi connectivity index (χ0n) is 19.1. The molecule has 0 bridgehead atoms. The van der Waals surface area contributed by atoms with Crippen LogP contribution >= 0.6 is 0 Å². The van der Waals surface area contributed by atoms with Crippen molar-refractivity contribution in [3.63, 3.8) is 0 Å². The van der Waals surface area contributed by atoms with E-state index in [4.69, 9.17) is 0 Å². The maximum Gasteiger partial charge on any atom is 0.270 e. The van der Waals surface area contributed by atoms with Crippen molar-refractivity contribution in [2.75, 3.05) is 32.7 Å². The molecule has 2 N–H and O–H groups in total. The quantitative estimate of drug-likeness (QED) is 0.640. The molecule has 2 aromatic rings. The van der Waals surface area contributed by atoms with Crippen molar-refractivity contribution >= 4 is 11.8 Å². The summed E-state index contributed by atoms with van der Waals surface area (Å²) in [5.74, 6) is 0.261. The van der Waals surface area contributed by atoms with Crippen LogP contribution < -0.4 is 5.32 Å². The molecule has 2 aromatic heterocycles. The molecule has 1 fully saturated rings. The van der Waals surface area contributed by atoms with E-state index in [0.29, 0.717) is 18.2 Å². The summed E-state index contributed by atoms with van der Waals surface area (Å²) in [5, 5.41) is 13.2. The van der Waals surface area contributed by atoms with E-state index in [1.807, 2.05) is 17.2 Å². The summed E-state index contributed by atoms with van der Waals surface area (Å²) < 4.78 is 0. The molecule has 4 heterocycles. The van der Waals surface area contributed by atoms with Crippen LogP contribution in [0.25, 0.3) is 0 Å². The SMILES string of the molecule is CC(=O)N1CCC(Cc2cc(C(=O)NC[C@H](O)CN3CCc4cnccc4C3)ncn2)CC1. The highest BCUT2D eigenvalue weighted by molar-refractivity contribution is 5.92. The molecule has 0 aromatic carbocycles. The Morgan fingerprint density at radius 2 is 2.03 bits per heavy atom. The van der Waals surface area contributed by atoms with Crippen LogP contribution in [0, 0.1) is 5.92 Å². The summed E-state index contributed by atoms with van der Waals surface area (Å²) in [5.41, 5.74) is 3.65. The van der Waals surface area contributed by atoms with Gasteiger partial charge in [-0.05, 0) is 54.9 Å². The number of nitrogens with one attached hydrogen (secondary N) is 1. The lowest BCUT2D eigenvalue weighted by Crippen LogP contribution is -2.42. The van der Waals surface area contributed by atoms with Crippen molar-refractivity contribution in [1.82, 2.24) is 30.1 Å². The fourth-order valence-electron chi connectivity index (χ4n) is 4.63. The molecule has 0 radical (unpaired) electrons. The first-order valence-electron chi connectivity index (χ1n) is 11.6. The van der Waals surface area contributed by atoms with Gasteiger partial charge in [-0.1, -0.05) is 0 Å². The minimum Gasteiger partial charge on any atom is -0.390 e. The van der Waals surface area contributed by atoms with Gasteiger partial charge in [-0.25, -0.2) is 9.97 Å². The van der Waals surface area contributed by atoms with Crippen LogP contribution in [0.1, 0.15) is 47.1 Å². The van der Waals surface area contributed by atoms with Crippen molar-refractivity contribution < 1.29 is 14.7 Å². The normalized spacial score (nSPS) is 17.9. The molecule has 33 heavy (non-hydrogen) atoms. The van der Waals surface area contributed by atoms with Gasteiger partial charge >= 0.3 is 0 Å². The largest absolute Gasteiger partial charge is 0.390 e. The summed E-state index contributed by atoms with van der Waals surface area (Å²) in [6.07, 6.45) is 8.03. The third kappa shape index (κ3) is 6.33. The first-order chi connectivity index (χ1) is 16.0. The molecule has 4 rings (SSSR count). The minimum atomic E-state index is -0.662. The number of likely N-dealkylation sites (tertiary alicyclic amines) is 1. The summed E-state index contributed by atoms with van der Waals surface area (Å²) in [7, 11) is 0. The Morgan fingerprint density at radius 1 is 1.21 bits per heavy atom. The van der Waals surface area contributed by atoms with Gasteiger partial charge in [0.15, 0.2) is 0 Å². The molecule has 1 saturated heterocycles. The second kappa shape index (κ2) is 10.8. The molecule has 0 aliphatic carbocycles. The van der Waals surface area contributed by atoms with Crippen LogP contribution in [0.5, 0.6) is 0 Å². The topological polar surface area (TPSA) is 112 Å². The first-order valence-corrected chi connectivity index (χ1v) is 11.6. The molecule has 0 spiro atoms. The number of piperidine rings is 1. The van der Waals surface area contributed by atoms with Crippen LogP contribution in [-0.4, -0.2) is 80.5 Å². The van der Waals surface area contributed by atoms with Gasteiger partial charge in [-0.15, -0.1) is 0 Å². The van der Waals surface area contributed by atoms with Crippen molar-refractivity contribution in [2.45, 2.75) is 45.3 Å². The number of aromatic nitrogens is 3. The van der Waals surface area contributed by atoms with Crippen LogP contribution in [-0.2, 0) is 24.2 Å². The Hall–Kier alpha value is -2.91. The van der Waals surface area contributed by atoms with Crippen molar-refractivity contribution in [3.8, 4) is 0 Å². The Kier molecular flexibility index (Phi) is 7.61. The number of hydrogen-bond donors (Lipinski definition) is 2. The highest BCUT2D eigenvalue weighted by Gasteiger charge is 2.22. The molecular formula is C24H32N6O3. The molecule has 9 nitrogen and oxygen atoms in total. The van der Waals surface area contributed by atoms with Gasteiger partial charge < -0.3 is 15.3 Å². The molecule has 176 valence electrons. The number of hydrogen-bond acceptors (Lipinski definition) is 7. The van der Waals surface area contributed by atoms with E-state index in [1.165, 1.54) is 17.5 Å². The standard InChI is InChI=1S/C24H32N6O3/c1-17(31)30-8-3-18(4-9-30)10-21-11-23(28-16-27-21)24(33)26-13-22(32)15-29-7-5-19-12-25-6-2-20(19)14-29/h2,6,11-12,16,18,22,32H,3-5,7-10,13-15H2,1H3,(H,26,33)/t22-/m0/s1. The van der Waals surface area contributed by atoms with E-state index < -0.39 is 6.10 Å². The van der Waals surface area contributed by atoms with Gasteiger partial charge in [0.05, 0.1) is 6.10 Å². The molecule has 0 saturated carbocycles. The summed E-state index contributed by atoms with van der Waals surface area (Å²) >= 11 is 0. The van der Waals surface area contributed by atoms with E-state index in [0.717, 1.165) is 57.6 Å². The smallest absolute Gasteiger partial charge is 0.270 e. The third-order valence-corrected chi connectivity index (χ3v) is 6.58. The number of carbonyl (C=O) groups is 2. The maximum absolute atomic E-state index is 12.6. The van der Waals surface area contributed by atoms with E-state index >= 15 is 0 Å². The van der Waals surface area contributed by atoms with E-state index in [-0.39, 0.29) is 18.4 Å². The van der Waals surface area contributed by atoms with Crippen LogP contribution in [0.3, 0.4) is 0 Å². The second-order valence-electron chi connectivity index (χ2n) is 9.04. The maximum atomic E-state index is 12.6. The predicted octanol–water partition coefficient (Wildman–Crippen LogP) is 0.822. The zero-order chi connectivity index (χ0) is 23.2. The number of fused-ring (bicyclic) bond motifs is 1. The lowest BCUT2D eigenvalue weighted by atomic mass is 9.92. The summed E-state index contributed by atoms with van der Waals surface area (Å²) in [4.78, 5) is 40.8. The van der Waals surface area contributed by atoms with Gasteiger partial charge in [0, 0.05) is 64.3 Å². The number of amides is 2. The zero-order valence-corrected chi connectivity index (χ0v) is 19.1. The van der Waals surface area contributed by atoms with Crippen LogP contribution in [0.15, 0.2) is 30.9 Å². The van der Waals surface area contributed by atoms with Crippen molar-refractivity contribution in [1.29, 1.82) is 0 Å². The average molecular weight is 453 g/mol. The third-order valence-electron chi connectivity index (χ3n) is 6.58. The number of nitrogens with zero attached hydrogens (tertiary/aromatic N) is 5. The number of rotatable bonds is 7. The number of aliphatic hydroxyl groups is 1. The van der Waals surface area contributed by atoms with E-state index in [1.54, 1.807) is 19.2 Å². The van der Waals surface area contributed by atoms with Gasteiger partial charge in [-0.2, -0.15) is 0 Å². The average Bonchev–Trinajstić information content (AvgIpc) is 2.83. The first kappa shape index (κ1) is 23.3. The Balaban J connectivity index is 1.23. The fraction of sp³-hybridized carbons (Fsp3) is 0.542. The van der Waals surface area contributed by atoms with Gasteiger partial charge in [0.25, 0.3) is 5.91 Å². The van der Waals surface area contributed by atoms with Crippen molar-refractivity contribution in [3.05, 3.63) is 53.4 Å². The number of carbonyl (C=O) groups excluding carboxylic acids is 2. The Labute approximate surface area is 194 Å². The number of β-amino-alcohol motifs (C(OH)–C–C–N with tert-alkyl or cyclic N) is 1. The lowest BCUT2D eigenvalue weighted by molar-refractivity contribution is -0.130. The molecule has 1 atom stereocenters. The van der Waals surface area contributed by atoms with E-state index in [2.05, 4.69) is 25.2 Å². The number of aliphatic hydroxyl groups excluding tert-OH is 1. The molecule has 9 heteroatoms. The second-order valence-corrected chi connectivity index (χ2v) is 9.04. The molecule has 0 unspecified atom stereocenters. The summed E-state index contributed by atoms with van der Waals surface area (Å²) in [6, 6.07) is 3.75. The van der Waals surface area contributed by atoms with Gasteiger partial charge in [0.2, 0.25) is 5.91 Å². The number of pyridine rings is 1. The monoisotopic (exact) mass is 452 g/mol. The molecule has 2 aliphatic heterocycles. The fourth-order valence-corrected chi connectivity index (χ4v) is 4.63. The Morgan fingerprint density at radius 3 is 2.82 bits per heavy atom. The molecular weight excluding hydrogens is 420 g/mol. The predicted molar refractivity (Wildman–Crippen MR) is 122 cm³/mol.